The van der Waals surface area contributed by atoms with Crippen molar-refractivity contribution in [2.75, 3.05) is 14.7 Å². The minimum absolute atomic E-state index is 0.00525. The normalized spacial score (nSPS) is 19.9. The molecule has 0 amide bonds. The van der Waals surface area contributed by atoms with Crippen molar-refractivity contribution in [3.05, 3.63) is 223 Å². The number of hydrogen-bond acceptors (Lipinski definition) is 5. The molecular weight excluding hydrogens is 956 g/mol. The summed E-state index contributed by atoms with van der Waals surface area (Å²) in [6.45, 7) is 7.77. The first kappa shape index (κ1) is 22.1. The van der Waals surface area contributed by atoms with E-state index >= 15 is 0 Å². The summed E-state index contributed by atoms with van der Waals surface area (Å²) in [5.74, 6) is 0. The van der Waals surface area contributed by atoms with Gasteiger partial charge in [0.05, 0.1) is 103 Å². The van der Waals surface area contributed by atoms with E-state index in [2.05, 4.69) is 0 Å². The molecule has 3 aliphatic heterocycles. The summed E-state index contributed by atoms with van der Waals surface area (Å²) in [5.41, 5.74) is -15.6. The molecule has 5 nitrogen and oxygen atoms in total. The Balaban J connectivity index is 1.27. The summed E-state index contributed by atoms with van der Waals surface area (Å²) in [5, 5.41) is -2.06. The maximum absolute atomic E-state index is 11.4. The largest absolute Gasteiger partial charge is 0.468 e. The van der Waals surface area contributed by atoms with Gasteiger partial charge < -0.3 is 23.7 Å². The van der Waals surface area contributed by atoms with Crippen molar-refractivity contribution in [2.24, 2.45) is 0 Å². The average Bonchev–Trinajstić information content (AvgIpc) is 1.20. The predicted molar refractivity (Wildman–Crippen MR) is 329 cm³/mol. The number of hydrogen-bond donors (Lipinski definition) is 0. The van der Waals surface area contributed by atoms with E-state index in [-0.39, 0.29) is 37.6 Å². The van der Waals surface area contributed by atoms with Gasteiger partial charge in [-0.3, -0.25) is 0 Å². The number of anilines is 9. The van der Waals surface area contributed by atoms with Crippen LogP contribution in [0.2, 0.25) is 0 Å². The third-order valence-electron chi connectivity index (χ3n) is 14.0. The first-order valence-electron chi connectivity index (χ1n) is 41.6. The van der Waals surface area contributed by atoms with Gasteiger partial charge in [-0.25, -0.2) is 0 Å². The molecular formula is C70H53BN4OS. The molecule has 0 fully saturated rings. The molecule has 0 N–H and O–H groups in total. The summed E-state index contributed by atoms with van der Waals surface area (Å²) in [7, 11) is 0. The number of furan rings is 1. The number of rotatable bonds is 5. The number of aromatic nitrogens is 1. The van der Waals surface area contributed by atoms with Crippen molar-refractivity contribution in [2.45, 2.75) is 52.4 Å². The Morgan fingerprint density at radius 2 is 1.10 bits per heavy atom. The highest BCUT2D eigenvalue weighted by Crippen LogP contribution is 2.57. The van der Waals surface area contributed by atoms with Gasteiger partial charge in [-0.15, -0.1) is 11.3 Å². The molecule has 3 aliphatic rings. The van der Waals surface area contributed by atoms with Crippen LogP contribution in [0.5, 0.6) is 0 Å². The van der Waals surface area contributed by atoms with Crippen LogP contribution in [0.15, 0.2) is 216 Å². The number of thiophene rings is 1. The number of para-hydroxylation sites is 3. The molecule has 3 aromatic heterocycles. The molecule has 13 aromatic rings. The van der Waals surface area contributed by atoms with E-state index in [1.807, 2.05) is 0 Å². The molecule has 0 radical (unpaired) electrons. The molecule has 0 bridgehead atoms. The molecule has 7 heteroatoms. The zero-order valence-electron chi connectivity index (χ0n) is 76.2. The molecule has 0 saturated carbocycles. The van der Waals surface area contributed by atoms with Crippen molar-refractivity contribution in [1.82, 2.24) is 4.57 Å². The van der Waals surface area contributed by atoms with Gasteiger partial charge in [0.2, 0.25) is 0 Å². The topological polar surface area (TPSA) is 27.8 Å². The highest BCUT2D eigenvalue weighted by Gasteiger charge is 2.50. The fourth-order valence-electron chi connectivity index (χ4n) is 10.6. The lowest BCUT2D eigenvalue weighted by Crippen LogP contribution is -2.61. The molecule has 368 valence electrons. The lowest BCUT2D eigenvalue weighted by atomic mass is 9.35. The quantitative estimate of drug-likeness (QED) is 0.161. The van der Waals surface area contributed by atoms with E-state index in [0.717, 1.165) is 9.80 Å². The maximum atomic E-state index is 11.4. The Kier molecular flexibility index (Phi) is 4.55. The zero-order chi connectivity index (χ0) is 82.1. The fraction of sp³-hybridized carbons (Fsp3) is 0.114. The van der Waals surface area contributed by atoms with Crippen LogP contribution in [0, 0.1) is 0 Å². The van der Waals surface area contributed by atoms with Crippen LogP contribution >= 0.6 is 11.3 Å². The zero-order valence-corrected chi connectivity index (χ0v) is 42.0. The Hall–Kier alpha value is -8.78. The first-order valence-corrected chi connectivity index (χ1v) is 24.9. The summed E-state index contributed by atoms with van der Waals surface area (Å²) in [4.78, 5) is 2.45. The van der Waals surface area contributed by atoms with Crippen molar-refractivity contribution >= 4 is 139 Å². The van der Waals surface area contributed by atoms with Crippen molar-refractivity contribution in [1.29, 1.82) is 0 Å². The van der Waals surface area contributed by atoms with Gasteiger partial charge in [0, 0.05) is 54.4 Å². The van der Waals surface area contributed by atoms with Gasteiger partial charge in [0.15, 0.2) is 0 Å². The van der Waals surface area contributed by atoms with Crippen LogP contribution in [0.3, 0.4) is 0 Å². The van der Waals surface area contributed by atoms with Crippen molar-refractivity contribution in [3.8, 4) is 16.8 Å². The van der Waals surface area contributed by atoms with Gasteiger partial charge in [0.25, 0.3) is 6.71 Å². The maximum Gasteiger partial charge on any atom is 0.297 e. The second-order valence-corrected chi connectivity index (χ2v) is 21.6. The van der Waals surface area contributed by atoms with Crippen LogP contribution in [-0.2, 0) is 10.8 Å². The van der Waals surface area contributed by atoms with E-state index in [1.165, 1.54) is 4.57 Å². The molecule has 6 heterocycles. The lowest BCUT2D eigenvalue weighted by Gasteiger charge is -2.45. The molecule has 0 atom stereocenters. The Bertz CT molecular complexity index is 6620. The van der Waals surface area contributed by atoms with Gasteiger partial charge in [-0.05, 0) is 135 Å². The summed E-state index contributed by atoms with van der Waals surface area (Å²) in [6.07, 6.45) is 0. The second kappa shape index (κ2) is 15.9. The van der Waals surface area contributed by atoms with E-state index in [1.54, 1.807) is 41.5 Å². The Morgan fingerprint density at radius 3 is 1.83 bits per heavy atom. The highest BCUT2D eigenvalue weighted by molar-refractivity contribution is 7.26. The molecule has 0 unspecified atom stereocenters. The second-order valence-electron chi connectivity index (χ2n) is 20.6. The van der Waals surface area contributed by atoms with Crippen LogP contribution in [0.1, 0.15) is 101 Å². The summed E-state index contributed by atoms with van der Waals surface area (Å²) >= 11 is 0.496. The van der Waals surface area contributed by atoms with Crippen molar-refractivity contribution < 1.29 is 52.4 Å². The molecule has 10 aromatic carbocycles. The molecule has 77 heavy (non-hydrogen) atoms. The molecule has 0 saturated heterocycles. The minimum Gasteiger partial charge on any atom is -0.468 e. The van der Waals surface area contributed by atoms with E-state index in [9.17, 15) is 38.4 Å². The molecule has 0 spiro atoms. The van der Waals surface area contributed by atoms with Gasteiger partial charge >= 0.3 is 0 Å². The highest BCUT2D eigenvalue weighted by atomic mass is 32.1. The van der Waals surface area contributed by atoms with E-state index in [0.29, 0.717) is 16.2 Å². The summed E-state index contributed by atoms with van der Waals surface area (Å²) in [6, 6.07) is -33.4. The number of fused-ring (bicyclic) bond motifs is 14. The van der Waals surface area contributed by atoms with Gasteiger partial charge in [-0.1, -0.05) is 162 Å². The third kappa shape index (κ3) is 6.35. The first-order chi connectivity index (χ1) is 52.1. The van der Waals surface area contributed by atoms with Crippen LogP contribution in [0.4, 0.5) is 51.2 Å². The lowest BCUT2D eigenvalue weighted by molar-refractivity contribution is 0.590. The SMILES string of the molecule is [2H]c1c([2H])c([2H])c(-c2c([2H])c([2H])c3oc4c(c3c2[2H])N(c2c([2H])c([2H])c([2H])c3c2sc2c([2H])c([2H])c([2H])c([2H])c23)c2c([2H])c(N(c3c([2H])c([2H])c([2H])c([2H])c3[2H])c3c([2H])c([2H])c([2H])c([2H])c3[2H])c([2H])c3c2B4c2c([2H])c([2H])c([2H])c4c2N3c2c([2H])c(C(C)(C)C)c([2H])c3c5c([2H])c(C(C)(C)C)c([2H])c([2H])c5n-4c23)c([2H])c1[2H]. The van der Waals surface area contributed by atoms with Gasteiger partial charge in [-0.2, -0.15) is 0 Å². The van der Waals surface area contributed by atoms with E-state index < -0.39 is 340 Å². The number of nitrogens with zero attached hydrogens (tertiary/aromatic N) is 4. The average molecular weight is 1040 g/mol. The van der Waals surface area contributed by atoms with E-state index in [4.69, 9.17) is 14.0 Å². The standard InChI is InChI=1S/C70H53BN4OS/c1-69(2,3)44-33-34-55-51(37-44)52-38-45(70(4,5)6)39-60-64(52)73(55)56-29-19-28-54-66(56)75(60)59-41-48(72(46-22-12-8-13-23-46)47-24-14-9-15-25-47)40-58-63(59)71(54)68-65(53-36-43(32-35-61(53)76-68)42-20-10-7-11-21-42)74(58)57-30-18-27-50-49-26-16-17-31-62(49)77-67(50)57/h7-41H,1-6H3/i7D,8D,9D,10D,11D,12D,13D,14D,15D,16D,17D,18D,19D,20D,21D,22D,23D,24D,25D,26D,27D,28D,29D,30D,31D,32D,33D,34D,35D,36D,37D,38D,39D,40D,41D. The smallest absolute Gasteiger partial charge is 0.297 e. The van der Waals surface area contributed by atoms with Crippen molar-refractivity contribution in [3.63, 3.8) is 0 Å². The van der Waals surface area contributed by atoms with Crippen LogP contribution < -0.4 is 31.3 Å². The Morgan fingerprint density at radius 1 is 0.468 bits per heavy atom. The number of benzene rings is 10. The Labute approximate surface area is 501 Å². The summed E-state index contributed by atoms with van der Waals surface area (Å²) < 4.78 is 348. The monoisotopic (exact) mass is 1040 g/mol. The van der Waals surface area contributed by atoms with Crippen LogP contribution in [-0.4, -0.2) is 11.3 Å². The third-order valence-corrected chi connectivity index (χ3v) is 15.1. The van der Waals surface area contributed by atoms with Gasteiger partial charge in [0.1, 0.15) is 5.58 Å². The fourth-order valence-corrected chi connectivity index (χ4v) is 11.6. The molecule has 0 aliphatic carbocycles. The van der Waals surface area contributed by atoms with Crippen LogP contribution in [0.25, 0.3) is 69.8 Å². The molecule has 16 rings (SSSR count). The predicted octanol–water partition coefficient (Wildman–Crippen LogP) is 18.0. The minimum atomic E-state index is -2.18.